The van der Waals surface area contributed by atoms with Crippen molar-refractivity contribution in [2.75, 3.05) is 13.1 Å². The maximum Gasteiger partial charge on any atom is 0.304 e. The zero-order valence-electron chi connectivity index (χ0n) is 14.5. The van der Waals surface area contributed by atoms with Gasteiger partial charge in [-0.05, 0) is 46.0 Å². The van der Waals surface area contributed by atoms with Gasteiger partial charge in [0.05, 0.1) is 6.42 Å². The van der Waals surface area contributed by atoms with Gasteiger partial charge >= 0.3 is 5.97 Å². The Morgan fingerprint density at radius 1 is 1.00 bits per heavy atom. The van der Waals surface area contributed by atoms with Crippen LogP contribution in [0.5, 0.6) is 0 Å². The molecule has 0 saturated carbocycles. The molecule has 128 valence electrons. The summed E-state index contributed by atoms with van der Waals surface area (Å²) in [6, 6.07) is 0. The highest BCUT2D eigenvalue weighted by Crippen LogP contribution is 2.17. The van der Waals surface area contributed by atoms with Crippen LogP contribution >= 0.6 is 0 Å². The van der Waals surface area contributed by atoms with E-state index in [9.17, 15) is 9.59 Å². The van der Waals surface area contributed by atoms with Crippen molar-refractivity contribution >= 4 is 11.9 Å². The molecule has 1 amide bonds. The Bertz CT molecular complexity index is 335. The van der Waals surface area contributed by atoms with Crippen molar-refractivity contribution in [3.05, 3.63) is 12.2 Å². The lowest BCUT2D eigenvalue weighted by Gasteiger charge is -2.24. The highest BCUT2D eigenvalue weighted by atomic mass is 16.4. The lowest BCUT2D eigenvalue weighted by molar-refractivity contribution is -0.144. The van der Waals surface area contributed by atoms with Gasteiger partial charge in [0, 0.05) is 19.0 Å². The van der Waals surface area contributed by atoms with Crippen molar-refractivity contribution < 1.29 is 14.7 Å². The monoisotopic (exact) mass is 311 g/mol. The average Bonchev–Trinajstić information content (AvgIpc) is 2.49. The molecule has 1 unspecified atom stereocenters. The van der Waals surface area contributed by atoms with Crippen LogP contribution in [0.2, 0.25) is 0 Å². The van der Waals surface area contributed by atoms with Crippen molar-refractivity contribution in [3.63, 3.8) is 0 Å². The number of rotatable bonds is 13. The van der Waals surface area contributed by atoms with Crippen LogP contribution in [0, 0.1) is 5.92 Å². The van der Waals surface area contributed by atoms with Crippen LogP contribution in [0.4, 0.5) is 0 Å². The van der Waals surface area contributed by atoms with E-state index >= 15 is 0 Å². The maximum atomic E-state index is 12.3. The first-order chi connectivity index (χ1) is 10.6. The largest absolute Gasteiger partial charge is 0.481 e. The fraction of sp³-hybridized carbons (Fsp3) is 0.778. The van der Waals surface area contributed by atoms with Gasteiger partial charge in [-0.25, -0.2) is 0 Å². The number of hydrogen-bond donors (Lipinski definition) is 1. The highest BCUT2D eigenvalue weighted by Gasteiger charge is 2.24. The van der Waals surface area contributed by atoms with Gasteiger partial charge in [0.2, 0.25) is 5.91 Å². The van der Waals surface area contributed by atoms with Crippen LogP contribution in [0.3, 0.4) is 0 Å². The van der Waals surface area contributed by atoms with E-state index in [1.54, 1.807) is 4.90 Å². The number of carboxylic acids is 1. The topological polar surface area (TPSA) is 57.6 Å². The molecule has 0 saturated heterocycles. The number of carboxylic acid groups (broad SMARTS) is 1. The molecule has 0 aromatic heterocycles. The molecule has 0 aliphatic rings. The molecule has 4 heteroatoms. The molecule has 1 atom stereocenters. The Hall–Kier alpha value is -1.32. The molecule has 0 bridgehead atoms. The fourth-order valence-corrected chi connectivity index (χ4v) is 2.55. The zero-order valence-corrected chi connectivity index (χ0v) is 14.5. The van der Waals surface area contributed by atoms with Crippen LogP contribution in [-0.4, -0.2) is 35.0 Å². The highest BCUT2D eigenvalue weighted by molar-refractivity contribution is 5.83. The first-order valence-electron chi connectivity index (χ1n) is 8.72. The molecule has 4 nitrogen and oxygen atoms in total. The van der Waals surface area contributed by atoms with E-state index in [1.165, 1.54) is 19.3 Å². The minimum absolute atomic E-state index is 0.0145. The zero-order chi connectivity index (χ0) is 16.8. The Morgan fingerprint density at radius 2 is 1.59 bits per heavy atom. The molecule has 0 aliphatic carbocycles. The number of unbranched alkanes of at least 4 members (excludes halogenated alkanes) is 4. The lowest BCUT2D eigenvalue weighted by atomic mass is 9.96. The second-order valence-corrected chi connectivity index (χ2v) is 5.70. The Morgan fingerprint density at radius 3 is 2.09 bits per heavy atom. The Labute approximate surface area is 135 Å². The van der Waals surface area contributed by atoms with Crippen LogP contribution in [0.25, 0.3) is 0 Å². The third-order valence-electron chi connectivity index (χ3n) is 3.91. The Balaban J connectivity index is 4.20. The van der Waals surface area contributed by atoms with Gasteiger partial charge in [0.25, 0.3) is 0 Å². The lowest BCUT2D eigenvalue weighted by Crippen LogP contribution is -2.36. The van der Waals surface area contributed by atoms with E-state index in [1.807, 2.05) is 13.8 Å². The van der Waals surface area contributed by atoms with Crippen molar-refractivity contribution in [3.8, 4) is 0 Å². The summed E-state index contributed by atoms with van der Waals surface area (Å²) in [7, 11) is 0. The molecule has 0 radical (unpaired) electrons. The quantitative estimate of drug-likeness (QED) is 0.408. The normalized spacial score (nSPS) is 12.5. The number of hydrogen-bond acceptors (Lipinski definition) is 2. The number of aliphatic carboxylic acids is 1. The van der Waals surface area contributed by atoms with E-state index in [-0.39, 0.29) is 18.2 Å². The van der Waals surface area contributed by atoms with Crippen LogP contribution in [0.15, 0.2) is 12.2 Å². The number of carbonyl (C=O) groups excluding carboxylic acids is 1. The van der Waals surface area contributed by atoms with E-state index in [0.29, 0.717) is 19.5 Å². The van der Waals surface area contributed by atoms with Crippen molar-refractivity contribution in [2.45, 2.75) is 72.1 Å². The molecule has 0 aliphatic heterocycles. The summed E-state index contributed by atoms with van der Waals surface area (Å²) in [6.07, 6.45) is 11.6. The van der Waals surface area contributed by atoms with E-state index < -0.39 is 5.97 Å². The van der Waals surface area contributed by atoms with Crippen LogP contribution in [0.1, 0.15) is 72.1 Å². The van der Waals surface area contributed by atoms with E-state index in [4.69, 9.17) is 5.11 Å². The third-order valence-corrected chi connectivity index (χ3v) is 3.91. The summed E-state index contributed by atoms with van der Waals surface area (Å²) in [5.41, 5.74) is 0. The van der Waals surface area contributed by atoms with Crippen LogP contribution in [-0.2, 0) is 9.59 Å². The molecular weight excluding hydrogens is 278 g/mol. The average molecular weight is 311 g/mol. The summed E-state index contributed by atoms with van der Waals surface area (Å²) in [6.45, 7) is 7.33. The number of amides is 1. The molecule has 0 fully saturated rings. The molecular formula is C18H33NO3. The van der Waals surface area contributed by atoms with Crippen molar-refractivity contribution in [1.82, 2.24) is 4.90 Å². The summed E-state index contributed by atoms with van der Waals surface area (Å²) in [5.74, 6) is -1.29. The molecule has 0 aromatic carbocycles. The molecule has 0 aromatic rings. The summed E-state index contributed by atoms with van der Waals surface area (Å²) in [5, 5.41) is 9.00. The number of carbonyl (C=O) groups is 2. The van der Waals surface area contributed by atoms with Gasteiger partial charge in [-0.1, -0.05) is 31.9 Å². The summed E-state index contributed by atoms with van der Waals surface area (Å²) >= 11 is 0. The van der Waals surface area contributed by atoms with Crippen LogP contribution < -0.4 is 0 Å². The predicted octanol–water partition coefficient (Wildman–Crippen LogP) is 4.25. The van der Waals surface area contributed by atoms with Gasteiger partial charge in [0.1, 0.15) is 0 Å². The number of nitrogens with zero attached hydrogens (tertiary/aromatic N) is 1. The minimum Gasteiger partial charge on any atom is -0.481 e. The second kappa shape index (κ2) is 13.4. The predicted molar refractivity (Wildman–Crippen MR) is 90.8 cm³/mol. The van der Waals surface area contributed by atoms with Crippen molar-refractivity contribution in [2.24, 2.45) is 5.92 Å². The van der Waals surface area contributed by atoms with Gasteiger partial charge in [-0.3, -0.25) is 9.59 Å². The second-order valence-electron chi connectivity index (χ2n) is 5.70. The smallest absolute Gasteiger partial charge is 0.304 e. The number of allylic oxidation sites excluding steroid dienone is 2. The summed E-state index contributed by atoms with van der Waals surface area (Å²) < 4.78 is 0. The SMILES string of the molecule is CCCCC/C=C/CCCC(CC(=O)O)C(=O)N(CC)CC. The molecule has 0 rings (SSSR count). The minimum atomic E-state index is -0.888. The third kappa shape index (κ3) is 9.59. The molecule has 0 heterocycles. The Kier molecular flexibility index (Phi) is 12.5. The maximum absolute atomic E-state index is 12.3. The van der Waals surface area contributed by atoms with Gasteiger partial charge in [0.15, 0.2) is 0 Å². The molecule has 1 N–H and O–H groups in total. The van der Waals surface area contributed by atoms with Crippen molar-refractivity contribution in [1.29, 1.82) is 0 Å². The molecule has 22 heavy (non-hydrogen) atoms. The summed E-state index contributed by atoms with van der Waals surface area (Å²) in [4.78, 5) is 25.0. The first-order valence-corrected chi connectivity index (χ1v) is 8.72. The standard InChI is InChI=1S/C18H33NO3/c1-4-7-8-9-10-11-12-13-14-16(15-17(20)21)18(22)19(5-2)6-3/h10-11,16H,4-9,12-15H2,1-3H3,(H,20,21)/b11-10+. The fourth-order valence-electron chi connectivity index (χ4n) is 2.55. The molecule has 0 spiro atoms. The van der Waals surface area contributed by atoms with E-state index in [2.05, 4.69) is 19.1 Å². The van der Waals surface area contributed by atoms with E-state index in [0.717, 1.165) is 19.3 Å². The van der Waals surface area contributed by atoms with Gasteiger partial charge in [-0.15, -0.1) is 0 Å². The van der Waals surface area contributed by atoms with Gasteiger partial charge in [-0.2, -0.15) is 0 Å². The van der Waals surface area contributed by atoms with Gasteiger partial charge < -0.3 is 10.0 Å². The first kappa shape index (κ1) is 20.7.